The first kappa shape index (κ1) is 24.9. The summed E-state index contributed by atoms with van der Waals surface area (Å²) in [6.07, 6.45) is 2.49. The van der Waals surface area contributed by atoms with Crippen molar-refractivity contribution >= 4 is 17.7 Å². The van der Waals surface area contributed by atoms with Crippen molar-refractivity contribution in [2.45, 2.75) is 76.2 Å². The molecule has 0 spiro atoms. The van der Waals surface area contributed by atoms with Crippen molar-refractivity contribution in [2.75, 3.05) is 25.3 Å². The number of anilines is 1. The number of likely N-dealkylation sites (tertiary alicyclic amines) is 1. The summed E-state index contributed by atoms with van der Waals surface area (Å²) in [5.41, 5.74) is 1.19. The maximum absolute atomic E-state index is 13.2. The van der Waals surface area contributed by atoms with Gasteiger partial charge in [0.05, 0.1) is 24.9 Å². The number of piperidine rings is 1. The molecule has 10 nitrogen and oxygen atoms in total. The average Bonchev–Trinajstić information content (AvgIpc) is 3.54. The van der Waals surface area contributed by atoms with Gasteiger partial charge in [0.1, 0.15) is 23.7 Å². The van der Waals surface area contributed by atoms with Crippen LogP contribution in [0.1, 0.15) is 45.6 Å². The molecule has 3 aliphatic rings. The lowest BCUT2D eigenvalue weighted by Gasteiger charge is -2.35. The molecule has 1 aromatic rings. The quantitative estimate of drug-likeness (QED) is 0.637. The number of nitrogens with zero attached hydrogens (tertiary/aromatic N) is 5. The molecule has 1 saturated carbocycles. The molecule has 5 atom stereocenters. The van der Waals surface area contributed by atoms with Gasteiger partial charge < -0.3 is 14.8 Å². The van der Waals surface area contributed by atoms with Gasteiger partial charge in [0.25, 0.3) is 0 Å². The van der Waals surface area contributed by atoms with Crippen molar-refractivity contribution < 1.29 is 19.1 Å². The summed E-state index contributed by atoms with van der Waals surface area (Å²) in [7, 11) is 1.64. The number of fused-ring (bicyclic) bond motifs is 2. The Morgan fingerprint density at radius 3 is 2.66 bits per heavy atom. The highest BCUT2D eigenvalue weighted by Crippen LogP contribution is 2.43. The molecule has 35 heavy (non-hydrogen) atoms. The molecular weight excluding hydrogens is 448 g/mol. The zero-order chi connectivity index (χ0) is 25.2. The Hall–Kier alpha value is -3.19. The van der Waals surface area contributed by atoms with Crippen LogP contribution in [-0.2, 0) is 20.7 Å². The van der Waals surface area contributed by atoms with Crippen LogP contribution < -0.4 is 10.3 Å². The molecule has 10 heteroatoms. The number of methoxy groups -OCH3 is 1. The van der Waals surface area contributed by atoms with Crippen molar-refractivity contribution in [1.82, 2.24) is 10.2 Å². The van der Waals surface area contributed by atoms with E-state index in [1.807, 2.05) is 50.0 Å². The first-order valence-corrected chi connectivity index (χ1v) is 12.2. The van der Waals surface area contributed by atoms with Gasteiger partial charge in [-0.25, -0.2) is 9.80 Å². The van der Waals surface area contributed by atoms with E-state index in [-0.39, 0.29) is 23.9 Å². The van der Waals surface area contributed by atoms with Crippen LogP contribution in [0.3, 0.4) is 0 Å². The van der Waals surface area contributed by atoms with E-state index < -0.39 is 23.8 Å². The standard InChI is InChI=1S/C25H34N6O4/c1-25(2,3)35-24(33)31-21-10-7-17(12-21)22(31)23(32)27-18(13-26)11-16-5-8-20(9-6-16)30-14-19(15-34-4)28-29-30/h5-6,8-9,17-19,21-22H,7,10-12,14-15H2,1-4H3,(H,27,32)/t17-,18-,19?,21+,22-/m0/s1. The molecule has 1 aromatic carbocycles. The summed E-state index contributed by atoms with van der Waals surface area (Å²) in [6.45, 7) is 6.62. The number of carbonyl (C=O) groups is 2. The van der Waals surface area contributed by atoms with Gasteiger partial charge >= 0.3 is 6.09 Å². The summed E-state index contributed by atoms with van der Waals surface area (Å²) < 4.78 is 10.7. The van der Waals surface area contributed by atoms with Crippen LogP contribution >= 0.6 is 0 Å². The van der Waals surface area contributed by atoms with Crippen molar-refractivity contribution in [2.24, 2.45) is 16.3 Å². The largest absolute Gasteiger partial charge is 0.444 e. The Morgan fingerprint density at radius 1 is 1.26 bits per heavy atom. The van der Waals surface area contributed by atoms with Gasteiger partial charge in [0.15, 0.2) is 0 Å². The SMILES string of the molecule is COCC1CN(c2ccc(C[C@@H](C#N)NC(=O)[C@@H]3[C@H]4CC[C@H](C4)N3C(=O)OC(C)(C)C)cc2)N=N1. The van der Waals surface area contributed by atoms with Crippen LogP contribution in [0.4, 0.5) is 10.5 Å². The molecule has 0 radical (unpaired) electrons. The lowest BCUT2D eigenvalue weighted by Crippen LogP contribution is -2.55. The fraction of sp³-hybridized carbons (Fsp3) is 0.640. The van der Waals surface area contributed by atoms with Gasteiger partial charge in [-0.2, -0.15) is 10.4 Å². The molecule has 1 aliphatic carbocycles. The summed E-state index contributed by atoms with van der Waals surface area (Å²) in [4.78, 5) is 27.7. The van der Waals surface area contributed by atoms with Crippen LogP contribution in [0.15, 0.2) is 34.6 Å². The van der Waals surface area contributed by atoms with Crippen LogP contribution in [0.25, 0.3) is 0 Å². The van der Waals surface area contributed by atoms with Gasteiger partial charge in [-0.05, 0) is 63.6 Å². The van der Waals surface area contributed by atoms with Crippen LogP contribution in [0, 0.1) is 17.2 Å². The summed E-state index contributed by atoms with van der Waals surface area (Å²) in [5, 5.41) is 22.8. The van der Waals surface area contributed by atoms with Gasteiger partial charge in [0, 0.05) is 19.6 Å². The molecule has 0 aromatic heterocycles. The first-order valence-electron chi connectivity index (χ1n) is 12.2. The second-order valence-electron chi connectivity index (χ2n) is 10.5. The summed E-state index contributed by atoms with van der Waals surface area (Å²) in [6, 6.07) is 8.65. The molecule has 1 unspecified atom stereocenters. The monoisotopic (exact) mass is 482 g/mol. The summed E-state index contributed by atoms with van der Waals surface area (Å²) >= 11 is 0. The minimum Gasteiger partial charge on any atom is -0.444 e. The maximum atomic E-state index is 13.2. The normalized spacial score (nSPS) is 26.0. The Morgan fingerprint density at radius 2 is 2.00 bits per heavy atom. The highest BCUT2D eigenvalue weighted by molar-refractivity contribution is 5.87. The number of amides is 2. The summed E-state index contributed by atoms with van der Waals surface area (Å²) in [5.74, 6) is -0.185. The third-order valence-corrected chi connectivity index (χ3v) is 6.67. The lowest BCUT2D eigenvalue weighted by atomic mass is 9.97. The Kier molecular flexibility index (Phi) is 7.26. The van der Waals surface area contributed by atoms with Gasteiger partial charge in [-0.3, -0.25) is 9.69 Å². The fourth-order valence-corrected chi connectivity index (χ4v) is 5.17. The van der Waals surface area contributed by atoms with Crippen molar-refractivity contribution in [3.63, 3.8) is 0 Å². The van der Waals surface area contributed by atoms with Crippen LogP contribution in [0.2, 0.25) is 0 Å². The maximum Gasteiger partial charge on any atom is 0.411 e. The molecule has 2 aliphatic heterocycles. The smallest absolute Gasteiger partial charge is 0.411 e. The molecule has 1 N–H and O–H groups in total. The molecule has 4 rings (SSSR count). The Labute approximate surface area is 206 Å². The fourth-order valence-electron chi connectivity index (χ4n) is 5.17. The first-order chi connectivity index (χ1) is 16.7. The van der Waals surface area contributed by atoms with E-state index >= 15 is 0 Å². The van der Waals surface area contributed by atoms with E-state index in [2.05, 4.69) is 21.7 Å². The van der Waals surface area contributed by atoms with Crippen LogP contribution in [0.5, 0.6) is 0 Å². The molecule has 2 bridgehead atoms. The lowest BCUT2D eigenvalue weighted by molar-refractivity contribution is -0.128. The molecule has 2 heterocycles. The van der Waals surface area contributed by atoms with E-state index in [1.54, 1.807) is 12.0 Å². The minimum absolute atomic E-state index is 0.0176. The van der Waals surface area contributed by atoms with E-state index in [1.165, 1.54) is 0 Å². The molecule has 2 fully saturated rings. The predicted octanol–water partition coefficient (Wildman–Crippen LogP) is 3.23. The van der Waals surface area contributed by atoms with E-state index in [4.69, 9.17) is 9.47 Å². The third-order valence-electron chi connectivity index (χ3n) is 6.67. The number of hydrogen-bond acceptors (Lipinski definition) is 8. The number of carbonyl (C=O) groups excluding carboxylic acids is 2. The van der Waals surface area contributed by atoms with Crippen molar-refractivity contribution in [3.05, 3.63) is 29.8 Å². The topological polar surface area (TPSA) is 120 Å². The zero-order valence-electron chi connectivity index (χ0n) is 20.8. The average molecular weight is 483 g/mol. The number of benzene rings is 1. The Balaban J connectivity index is 1.37. The third kappa shape index (κ3) is 5.73. The number of hydrogen-bond donors (Lipinski definition) is 1. The van der Waals surface area contributed by atoms with Gasteiger partial charge in [0.2, 0.25) is 5.91 Å². The van der Waals surface area contributed by atoms with E-state index in [0.717, 1.165) is 30.5 Å². The van der Waals surface area contributed by atoms with Gasteiger partial charge in [-0.15, -0.1) is 0 Å². The van der Waals surface area contributed by atoms with Gasteiger partial charge in [-0.1, -0.05) is 17.4 Å². The highest BCUT2D eigenvalue weighted by atomic mass is 16.6. The number of ether oxygens (including phenoxy) is 2. The van der Waals surface area contributed by atoms with Crippen LogP contribution in [-0.4, -0.2) is 66.9 Å². The minimum atomic E-state index is -0.703. The Bertz CT molecular complexity index is 999. The van der Waals surface area contributed by atoms with E-state index in [9.17, 15) is 14.9 Å². The van der Waals surface area contributed by atoms with E-state index in [0.29, 0.717) is 19.6 Å². The highest BCUT2D eigenvalue weighted by Gasteiger charge is 2.52. The van der Waals surface area contributed by atoms with Crippen molar-refractivity contribution in [3.8, 4) is 6.07 Å². The second kappa shape index (κ2) is 10.2. The molecular formula is C25H34N6O4. The molecule has 2 amide bonds. The predicted molar refractivity (Wildman–Crippen MR) is 129 cm³/mol. The molecule has 1 saturated heterocycles. The number of nitriles is 1. The van der Waals surface area contributed by atoms with Crippen molar-refractivity contribution in [1.29, 1.82) is 5.26 Å². The number of rotatable bonds is 7. The zero-order valence-corrected chi connectivity index (χ0v) is 20.8. The molecule has 188 valence electrons. The number of nitrogens with one attached hydrogen (secondary N) is 1. The second-order valence-corrected chi connectivity index (χ2v) is 10.5.